The van der Waals surface area contributed by atoms with Crippen LogP contribution in [0.4, 0.5) is 0 Å². The van der Waals surface area contributed by atoms with E-state index in [0.29, 0.717) is 0 Å². The van der Waals surface area contributed by atoms with Crippen LogP contribution >= 0.6 is 0 Å². The summed E-state index contributed by atoms with van der Waals surface area (Å²) >= 11 is 0.00610. The van der Waals surface area contributed by atoms with Gasteiger partial charge in [0.05, 0.1) is 0 Å². The monoisotopic (exact) mass is 253 g/mol. The van der Waals surface area contributed by atoms with Gasteiger partial charge in [-0.05, 0) is 0 Å². The zero-order valence-corrected chi connectivity index (χ0v) is 8.16. The summed E-state index contributed by atoms with van der Waals surface area (Å²) in [6.07, 6.45) is 3.99. The summed E-state index contributed by atoms with van der Waals surface area (Å²) in [4.78, 5) is 0. The fourth-order valence-corrected chi connectivity index (χ4v) is 2.64. The van der Waals surface area contributed by atoms with Crippen molar-refractivity contribution in [1.82, 2.24) is 0 Å². The molecule has 0 aliphatic carbocycles. The molecule has 0 aromatic heterocycles. The topological polar surface area (TPSA) is 18.5 Å². The van der Waals surface area contributed by atoms with Crippen LogP contribution in [0, 0.1) is 0 Å². The number of rotatable bonds is 2. The van der Waals surface area contributed by atoms with E-state index < -0.39 is 0 Å². The van der Waals surface area contributed by atoms with Crippen LogP contribution in [0.1, 0.15) is 0 Å². The van der Waals surface area contributed by atoms with Gasteiger partial charge in [-0.15, -0.1) is 0 Å². The number of allylic oxidation sites excluding steroid dienone is 2. The van der Waals surface area contributed by atoms with Gasteiger partial charge in [-0.3, -0.25) is 0 Å². The minimum absolute atomic E-state index is 0.00610. The first-order valence-corrected chi connectivity index (χ1v) is 5.43. The third-order valence-corrected chi connectivity index (χ3v) is 3.79. The van der Waals surface area contributed by atoms with Gasteiger partial charge in [0.15, 0.2) is 0 Å². The maximum absolute atomic E-state index is 5.20. The molecule has 0 amide bonds. The predicted octanol–water partition coefficient (Wildman–Crippen LogP) is -1.89. The van der Waals surface area contributed by atoms with Crippen LogP contribution in [-0.4, -0.2) is 18.3 Å². The second kappa shape index (κ2) is 3.98. The number of hydrogen-bond donors (Lipinski definition) is 0. The van der Waals surface area contributed by atoms with Gasteiger partial charge in [-0.1, -0.05) is 0 Å². The maximum atomic E-state index is 5.20. The number of alkyl halides is 1. The van der Waals surface area contributed by atoms with E-state index in [2.05, 4.69) is 4.08 Å². The molecule has 1 aliphatic heterocycles. The summed E-state index contributed by atoms with van der Waals surface area (Å²) in [5, 5.41) is 0. The van der Waals surface area contributed by atoms with Crippen molar-refractivity contribution in [2.75, 3.05) is 14.2 Å². The Bertz CT molecular complexity index is 163. The van der Waals surface area contributed by atoms with Crippen LogP contribution in [-0.2, 0) is 9.47 Å². The van der Waals surface area contributed by atoms with E-state index in [1.165, 1.54) is 0 Å². The van der Waals surface area contributed by atoms with Crippen molar-refractivity contribution in [3.63, 3.8) is 0 Å². The van der Waals surface area contributed by atoms with Crippen molar-refractivity contribution in [2.45, 2.75) is 4.11 Å². The Labute approximate surface area is 71.2 Å². The molecular formula is C7H10IO2-. The molecule has 0 bridgehead atoms. The number of hydrogen-bond acceptors (Lipinski definition) is 2. The quantitative estimate of drug-likeness (QED) is 0.423. The van der Waals surface area contributed by atoms with E-state index in [9.17, 15) is 0 Å². The fraction of sp³-hybridized carbons (Fsp3) is 0.429. The molecule has 0 saturated heterocycles. The van der Waals surface area contributed by atoms with Crippen LogP contribution in [0.15, 0.2) is 22.0 Å². The molecule has 0 saturated carbocycles. The molecule has 0 spiro atoms. The minimum atomic E-state index is 0.00610. The van der Waals surface area contributed by atoms with Gasteiger partial charge in [0.2, 0.25) is 0 Å². The van der Waals surface area contributed by atoms with Gasteiger partial charge >= 0.3 is 71.0 Å². The van der Waals surface area contributed by atoms with Crippen molar-refractivity contribution < 1.29 is 30.7 Å². The Hall–Kier alpha value is -0.0300. The second-order valence-corrected chi connectivity index (χ2v) is 4.34. The van der Waals surface area contributed by atoms with Crippen LogP contribution in [0.25, 0.3) is 0 Å². The Kier molecular flexibility index (Phi) is 3.21. The molecule has 1 heterocycles. The van der Waals surface area contributed by atoms with Crippen molar-refractivity contribution in [2.24, 2.45) is 0 Å². The molecule has 0 N–H and O–H groups in total. The molecule has 10 heavy (non-hydrogen) atoms. The van der Waals surface area contributed by atoms with Crippen LogP contribution in [0.5, 0.6) is 0 Å². The SMILES string of the molecule is COC1=CC=C[I-]C1OC. The summed E-state index contributed by atoms with van der Waals surface area (Å²) in [6.45, 7) is 0. The Morgan fingerprint density at radius 1 is 1.50 bits per heavy atom. The summed E-state index contributed by atoms with van der Waals surface area (Å²) in [5.41, 5.74) is 0. The Balaban J connectivity index is 2.61. The molecule has 3 heteroatoms. The number of methoxy groups -OCH3 is 2. The third kappa shape index (κ3) is 1.73. The first-order valence-electron chi connectivity index (χ1n) is 2.94. The molecule has 1 unspecified atom stereocenters. The summed E-state index contributed by atoms with van der Waals surface area (Å²) < 4.78 is 12.7. The Morgan fingerprint density at radius 3 is 2.80 bits per heavy atom. The molecule has 1 rings (SSSR count). The second-order valence-electron chi connectivity index (χ2n) is 1.77. The average molecular weight is 253 g/mol. The molecule has 1 atom stereocenters. The fourth-order valence-electron chi connectivity index (χ4n) is 0.705. The third-order valence-electron chi connectivity index (χ3n) is 1.19. The molecule has 0 aromatic rings. The van der Waals surface area contributed by atoms with Crippen molar-refractivity contribution in [1.29, 1.82) is 0 Å². The predicted molar refractivity (Wildman–Crippen MR) is 35.0 cm³/mol. The summed E-state index contributed by atoms with van der Waals surface area (Å²) in [7, 11) is 3.40. The van der Waals surface area contributed by atoms with Gasteiger partial charge in [0, 0.05) is 0 Å². The van der Waals surface area contributed by atoms with Gasteiger partial charge in [0.25, 0.3) is 0 Å². The van der Waals surface area contributed by atoms with Gasteiger partial charge in [-0.25, -0.2) is 0 Å². The average Bonchev–Trinajstić information content (AvgIpc) is 2.04. The van der Waals surface area contributed by atoms with Crippen LogP contribution in [0.2, 0.25) is 0 Å². The van der Waals surface area contributed by atoms with E-state index in [-0.39, 0.29) is 25.3 Å². The van der Waals surface area contributed by atoms with Crippen LogP contribution in [0.3, 0.4) is 0 Å². The zero-order chi connectivity index (χ0) is 7.40. The summed E-state index contributed by atoms with van der Waals surface area (Å²) in [5.74, 6) is 0.956. The van der Waals surface area contributed by atoms with Gasteiger partial charge in [0.1, 0.15) is 0 Å². The molecule has 2 nitrogen and oxygen atoms in total. The van der Waals surface area contributed by atoms with Gasteiger partial charge < -0.3 is 0 Å². The first-order chi connectivity index (χ1) is 4.88. The summed E-state index contributed by atoms with van der Waals surface area (Å²) in [6, 6.07) is 0. The van der Waals surface area contributed by atoms with Crippen molar-refractivity contribution in [3.8, 4) is 0 Å². The van der Waals surface area contributed by atoms with E-state index >= 15 is 0 Å². The normalized spacial score (nSPS) is 25.0. The van der Waals surface area contributed by atoms with Gasteiger partial charge in [-0.2, -0.15) is 0 Å². The van der Waals surface area contributed by atoms with Crippen LogP contribution < -0.4 is 21.2 Å². The van der Waals surface area contributed by atoms with Crippen molar-refractivity contribution in [3.05, 3.63) is 22.0 Å². The standard InChI is InChI=1S/C7H10IO2/c1-9-6-4-3-5-8-7(6)10-2/h3-5,7H,1-2H3/q-1. The van der Waals surface area contributed by atoms with E-state index in [0.717, 1.165) is 5.76 Å². The molecule has 0 radical (unpaired) electrons. The van der Waals surface area contributed by atoms with E-state index in [1.54, 1.807) is 14.2 Å². The molecule has 0 aromatic carbocycles. The molecule has 58 valence electrons. The number of halogens is 1. The zero-order valence-electron chi connectivity index (χ0n) is 6.00. The number of ether oxygens (including phenoxy) is 2. The van der Waals surface area contributed by atoms with Crippen molar-refractivity contribution >= 4 is 0 Å². The van der Waals surface area contributed by atoms with E-state index in [1.807, 2.05) is 12.2 Å². The molecule has 1 aliphatic rings. The Morgan fingerprint density at radius 2 is 2.30 bits per heavy atom. The first kappa shape index (κ1) is 8.07. The van der Waals surface area contributed by atoms with E-state index in [4.69, 9.17) is 9.47 Å². The molecule has 0 fully saturated rings. The molecular weight excluding hydrogens is 243 g/mol.